The van der Waals surface area contributed by atoms with Crippen LogP contribution in [0, 0.1) is 12.8 Å². The second-order valence-electron chi connectivity index (χ2n) is 7.18. The SMILES string of the molecule is Cc1cc(CC(=O)O)cc2nc(C(F)(F)F)c(CC3CCC(F)(F)CC3)n12. The fourth-order valence-corrected chi connectivity index (χ4v) is 3.77. The van der Waals surface area contributed by atoms with Crippen LogP contribution in [-0.4, -0.2) is 26.4 Å². The van der Waals surface area contributed by atoms with Crippen LogP contribution in [0.4, 0.5) is 22.0 Å². The molecule has 1 saturated carbocycles. The number of carboxylic acid groups (broad SMARTS) is 1. The summed E-state index contributed by atoms with van der Waals surface area (Å²) in [5.74, 6) is -4.11. The number of imidazole rings is 1. The summed E-state index contributed by atoms with van der Waals surface area (Å²) in [5.41, 5.74) is -0.268. The Morgan fingerprint density at radius 1 is 1.30 bits per heavy atom. The van der Waals surface area contributed by atoms with Crippen LogP contribution < -0.4 is 0 Å². The number of aliphatic carboxylic acids is 1. The van der Waals surface area contributed by atoms with Gasteiger partial charge in [-0.1, -0.05) is 0 Å². The maximum Gasteiger partial charge on any atom is 0.435 e. The maximum atomic E-state index is 13.5. The molecule has 9 heteroatoms. The van der Waals surface area contributed by atoms with E-state index in [1.165, 1.54) is 16.5 Å². The van der Waals surface area contributed by atoms with Crippen molar-refractivity contribution >= 4 is 11.6 Å². The molecule has 148 valence electrons. The van der Waals surface area contributed by atoms with E-state index in [0.717, 1.165) is 0 Å². The molecule has 1 aliphatic rings. The van der Waals surface area contributed by atoms with Gasteiger partial charge in [0, 0.05) is 18.5 Å². The van der Waals surface area contributed by atoms with Gasteiger partial charge in [-0.2, -0.15) is 13.2 Å². The van der Waals surface area contributed by atoms with Crippen LogP contribution in [0.3, 0.4) is 0 Å². The van der Waals surface area contributed by atoms with Crippen molar-refractivity contribution in [2.45, 2.75) is 57.5 Å². The highest BCUT2D eigenvalue weighted by Crippen LogP contribution is 2.40. The van der Waals surface area contributed by atoms with Gasteiger partial charge in [0.05, 0.1) is 12.1 Å². The predicted octanol–water partition coefficient (Wildman–Crippen LogP) is 4.66. The minimum Gasteiger partial charge on any atom is -0.481 e. The van der Waals surface area contributed by atoms with Crippen molar-refractivity contribution in [2.24, 2.45) is 5.92 Å². The summed E-state index contributed by atoms with van der Waals surface area (Å²) < 4.78 is 68.6. The molecular weight excluding hydrogens is 371 g/mol. The highest BCUT2D eigenvalue weighted by molar-refractivity contribution is 5.71. The van der Waals surface area contributed by atoms with E-state index in [1.807, 2.05) is 0 Å². The molecule has 1 N–H and O–H groups in total. The Hall–Kier alpha value is -2.19. The summed E-state index contributed by atoms with van der Waals surface area (Å²) in [6.07, 6.45) is -5.32. The number of carbonyl (C=O) groups is 1. The van der Waals surface area contributed by atoms with E-state index >= 15 is 0 Å². The first-order valence-electron chi connectivity index (χ1n) is 8.64. The number of hydrogen-bond donors (Lipinski definition) is 1. The van der Waals surface area contributed by atoms with Crippen molar-refractivity contribution in [1.82, 2.24) is 9.38 Å². The maximum absolute atomic E-state index is 13.5. The van der Waals surface area contributed by atoms with Gasteiger partial charge in [0.15, 0.2) is 5.69 Å². The number of fused-ring (bicyclic) bond motifs is 1. The van der Waals surface area contributed by atoms with Crippen molar-refractivity contribution in [1.29, 1.82) is 0 Å². The molecule has 27 heavy (non-hydrogen) atoms. The average Bonchev–Trinajstić information content (AvgIpc) is 2.88. The quantitative estimate of drug-likeness (QED) is 0.773. The van der Waals surface area contributed by atoms with E-state index in [-0.39, 0.29) is 55.8 Å². The second-order valence-corrected chi connectivity index (χ2v) is 7.18. The number of carboxylic acids is 1. The second kappa shape index (κ2) is 6.76. The van der Waals surface area contributed by atoms with Crippen molar-refractivity contribution in [3.8, 4) is 0 Å². The van der Waals surface area contributed by atoms with Gasteiger partial charge in [0.2, 0.25) is 5.92 Å². The summed E-state index contributed by atoms with van der Waals surface area (Å²) >= 11 is 0. The third kappa shape index (κ3) is 4.22. The zero-order valence-electron chi connectivity index (χ0n) is 14.6. The fourth-order valence-electron chi connectivity index (χ4n) is 3.77. The first kappa shape index (κ1) is 19.6. The molecule has 0 radical (unpaired) electrons. The molecule has 0 bridgehead atoms. The first-order valence-corrected chi connectivity index (χ1v) is 8.64. The first-order chi connectivity index (χ1) is 12.5. The molecule has 0 atom stereocenters. The molecule has 1 aliphatic carbocycles. The van der Waals surface area contributed by atoms with Crippen LogP contribution in [0.1, 0.15) is 48.3 Å². The average molecular weight is 390 g/mol. The number of rotatable bonds is 4. The number of alkyl halides is 5. The van der Waals surface area contributed by atoms with Gasteiger partial charge in [-0.3, -0.25) is 4.79 Å². The summed E-state index contributed by atoms with van der Waals surface area (Å²) in [6.45, 7) is 1.58. The molecule has 0 amide bonds. The number of pyridine rings is 1. The normalized spacial score (nSPS) is 18.1. The molecule has 2 aromatic rings. The van der Waals surface area contributed by atoms with E-state index in [9.17, 15) is 26.7 Å². The highest BCUT2D eigenvalue weighted by Gasteiger charge is 2.40. The van der Waals surface area contributed by atoms with Crippen molar-refractivity contribution in [3.63, 3.8) is 0 Å². The van der Waals surface area contributed by atoms with Gasteiger partial charge in [-0.05, 0) is 49.8 Å². The molecule has 2 aromatic heterocycles. The van der Waals surface area contributed by atoms with E-state index in [1.54, 1.807) is 6.92 Å². The van der Waals surface area contributed by atoms with Crippen LogP contribution in [0.25, 0.3) is 5.65 Å². The number of nitrogens with zero attached hydrogens (tertiary/aromatic N) is 2. The largest absolute Gasteiger partial charge is 0.481 e. The van der Waals surface area contributed by atoms with Gasteiger partial charge in [-0.15, -0.1) is 0 Å². The summed E-state index contributed by atoms with van der Waals surface area (Å²) in [6, 6.07) is 2.84. The zero-order valence-corrected chi connectivity index (χ0v) is 14.6. The third-order valence-corrected chi connectivity index (χ3v) is 5.00. The molecule has 0 aromatic carbocycles. The van der Waals surface area contributed by atoms with Crippen LogP contribution in [-0.2, 0) is 23.8 Å². The molecule has 4 nitrogen and oxygen atoms in total. The predicted molar refractivity (Wildman–Crippen MR) is 86.9 cm³/mol. The molecule has 3 rings (SSSR count). The highest BCUT2D eigenvalue weighted by atomic mass is 19.4. The smallest absolute Gasteiger partial charge is 0.435 e. The molecule has 0 spiro atoms. The molecular formula is C18H19F5N2O2. The molecule has 2 heterocycles. The Morgan fingerprint density at radius 2 is 1.93 bits per heavy atom. The van der Waals surface area contributed by atoms with E-state index < -0.39 is 23.8 Å². The standard InChI is InChI=1S/C18H19F5N2O2/c1-10-6-12(9-15(26)27)8-14-24-16(18(21,22)23)13(25(10)14)7-11-2-4-17(19,20)5-3-11/h6,8,11H,2-5,7,9H2,1H3,(H,26,27). The van der Waals surface area contributed by atoms with Crippen LogP contribution in [0.15, 0.2) is 12.1 Å². The molecule has 0 unspecified atom stereocenters. The van der Waals surface area contributed by atoms with Crippen molar-refractivity contribution in [2.75, 3.05) is 0 Å². The Kier molecular flexibility index (Phi) is 4.90. The molecule has 0 aliphatic heterocycles. The van der Waals surface area contributed by atoms with Gasteiger partial charge < -0.3 is 9.51 Å². The lowest BCUT2D eigenvalue weighted by molar-refractivity contribution is -0.141. The third-order valence-electron chi connectivity index (χ3n) is 5.00. The van der Waals surface area contributed by atoms with E-state index in [2.05, 4.69) is 4.98 Å². The number of aromatic nitrogens is 2. The lowest BCUT2D eigenvalue weighted by Gasteiger charge is -2.28. The lowest BCUT2D eigenvalue weighted by Crippen LogP contribution is -2.26. The fraction of sp³-hybridized carbons (Fsp3) is 0.556. The summed E-state index contributed by atoms with van der Waals surface area (Å²) in [4.78, 5) is 14.6. The topological polar surface area (TPSA) is 54.6 Å². The summed E-state index contributed by atoms with van der Waals surface area (Å²) in [5, 5.41) is 8.91. The minimum absolute atomic E-state index is 0.00517. The number of aryl methyl sites for hydroxylation is 1. The van der Waals surface area contributed by atoms with Crippen LogP contribution >= 0.6 is 0 Å². The van der Waals surface area contributed by atoms with E-state index in [4.69, 9.17) is 5.11 Å². The zero-order chi connectivity index (χ0) is 20.0. The van der Waals surface area contributed by atoms with Gasteiger partial charge in [0.25, 0.3) is 0 Å². The molecule has 1 fully saturated rings. The number of halogens is 5. The Bertz CT molecular complexity index is 863. The monoisotopic (exact) mass is 390 g/mol. The lowest BCUT2D eigenvalue weighted by atomic mass is 9.83. The summed E-state index contributed by atoms with van der Waals surface area (Å²) in [7, 11) is 0. The van der Waals surface area contributed by atoms with E-state index in [0.29, 0.717) is 11.3 Å². The Balaban J connectivity index is 2.02. The van der Waals surface area contributed by atoms with Gasteiger partial charge >= 0.3 is 12.1 Å². The molecule has 0 saturated heterocycles. The Morgan fingerprint density at radius 3 is 2.48 bits per heavy atom. The minimum atomic E-state index is -4.68. The van der Waals surface area contributed by atoms with Crippen LogP contribution in [0.5, 0.6) is 0 Å². The van der Waals surface area contributed by atoms with Gasteiger partial charge in [-0.25, -0.2) is 13.8 Å². The Labute approximate surface area is 152 Å². The van der Waals surface area contributed by atoms with Crippen molar-refractivity contribution < 1.29 is 31.9 Å². The van der Waals surface area contributed by atoms with Crippen LogP contribution in [0.2, 0.25) is 0 Å². The van der Waals surface area contributed by atoms with Crippen molar-refractivity contribution in [3.05, 3.63) is 34.8 Å². The number of hydrogen-bond acceptors (Lipinski definition) is 2. The van der Waals surface area contributed by atoms with Gasteiger partial charge in [0.1, 0.15) is 5.65 Å².